The van der Waals surface area contributed by atoms with Gasteiger partial charge in [-0.1, -0.05) is 6.07 Å². The zero-order chi connectivity index (χ0) is 14.0. The first-order valence-electron chi connectivity index (χ1n) is 6.42. The Labute approximate surface area is 113 Å². The monoisotopic (exact) mass is 286 g/mol. The summed E-state index contributed by atoms with van der Waals surface area (Å²) in [7, 11) is -3.68. The van der Waals surface area contributed by atoms with Crippen LogP contribution in [0.3, 0.4) is 0 Å². The van der Waals surface area contributed by atoms with Gasteiger partial charge in [-0.25, -0.2) is 17.5 Å². The molecule has 1 heterocycles. The smallest absolute Gasteiger partial charge is 0.241 e. The van der Waals surface area contributed by atoms with Crippen molar-refractivity contribution in [3.05, 3.63) is 29.6 Å². The highest BCUT2D eigenvalue weighted by Crippen LogP contribution is 2.18. The standard InChI is InChI=1S/C13H19FN2O2S/c1-9-5-6-11(14)8-13(9)19(17,18)16-12-4-3-7-15-10(12)2/h5-6,8,10,12,15-16H,3-4,7H2,1-2H3/t10-,12-/m0/s1. The van der Waals surface area contributed by atoms with Crippen molar-refractivity contribution in [3.8, 4) is 0 Å². The fourth-order valence-corrected chi connectivity index (χ4v) is 3.94. The van der Waals surface area contributed by atoms with Gasteiger partial charge in [0.15, 0.2) is 0 Å². The zero-order valence-electron chi connectivity index (χ0n) is 11.1. The molecule has 1 saturated heterocycles. The third-order valence-electron chi connectivity index (χ3n) is 3.51. The van der Waals surface area contributed by atoms with Gasteiger partial charge in [0.2, 0.25) is 10.0 Å². The number of rotatable bonds is 3. The summed E-state index contributed by atoms with van der Waals surface area (Å²) in [5.74, 6) is -0.541. The second kappa shape index (κ2) is 5.56. The number of halogens is 1. The molecule has 19 heavy (non-hydrogen) atoms. The molecule has 0 saturated carbocycles. The average Bonchev–Trinajstić information content (AvgIpc) is 2.35. The minimum atomic E-state index is -3.68. The van der Waals surface area contributed by atoms with E-state index in [9.17, 15) is 12.8 Å². The van der Waals surface area contributed by atoms with Crippen LogP contribution in [-0.2, 0) is 10.0 Å². The van der Waals surface area contributed by atoms with Crippen molar-refractivity contribution in [2.24, 2.45) is 0 Å². The molecule has 0 aliphatic carbocycles. The molecular weight excluding hydrogens is 267 g/mol. The third kappa shape index (κ3) is 3.32. The Bertz CT molecular complexity index is 560. The van der Waals surface area contributed by atoms with Gasteiger partial charge in [0.25, 0.3) is 0 Å². The van der Waals surface area contributed by atoms with Gasteiger partial charge in [-0.3, -0.25) is 0 Å². The van der Waals surface area contributed by atoms with Gasteiger partial charge in [-0.2, -0.15) is 0 Å². The summed E-state index contributed by atoms with van der Waals surface area (Å²) >= 11 is 0. The third-order valence-corrected chi connectivity index (χ3v) is 5.14. The Morgan fingerprint density at radius 2 is 2.16 bits per heavy atom. The van der Waals surface area contributed by atoms with Gasteiger partial charge in [-0.15, -0.1) is 0 Å². The Morgan fingerprint density at radius 1 is 1.42 bits per heavy atom. The molecule has 2 atom stereocenters. The van der Waals surface area contributed by atoms with Crippen LogP contribution in [0.15, 0.2) is 23.1 Å². The van der Waals surface area contributed by atoms with Crippen molar-refractivity contribution in [2.75, 3.05) is 6.54 Å². The predicted molar refractivity (Wildman–Crippen MR) is 71.9 cm³/mol. The molecule has 4 nitrogen and oxygen atoms in total. The topological polar surface area (TPSA) is 58.2 Å². The number of aryl methyl sites for hydroxylation is 1. The molecule has 1 fully saturated rings. The van der Waals surface area contributed by atoms with Crippen molar-refractivity contribution in [2.45, 2.75) is 43.7 Å². The van der Waals surface area contributed by atoms with Crippen LogP contribution < -0.4 is 10.0 Å². The number of sulfonamides is 1. The first-order valence-corrected chi connectivity index (χ1v) is 7.90. The summed E-state index contributed by atoms with van der Waals surface area (Å²) in [6.45, 7) is 4.51. The van der Waals surface area contributed by atoms with Crippen molar-refractivity contribution in [1.82, 2.24) is 10.0 Å². The molecule has 0 aromatic heterocycles. The highest BCUT2D eigenvalue weighted by atomic mass is 32.2. The van der Waals surface area contributed by atoms with Gasteiger partial charge < -0.3 is 5.32 Å². The van der Waals surface area contributed by atoms with E-state index in [4.69, 9.17) is 0 Å². The van der Waals surface area contributed by atoms with E-state index in [1.807, 2.05) is 6.92 Å². The van der Waals surface area contributed by atoms with Gasteiger partial charge in [0.1, 0.15) is 5.82 Å². The molecule has 1 aromatic rings. The molecule has 6 heteroatoms. The van der Waals surface area contributed by atoms with Crippen molar-refractivity contribution >= 4 is 10.0 Å². The lowest BCUT2D eigenvalue weighted by Crippen LogP contribution is -2.51. The summed E-state index contributed by atoms with van der Waals surface area (Å²) in [4.78, 5) is 0.0188. The van der Waals surface area contributed by atoms with E-state index in [0.717, 1.165) is 25.5 Å². The predicted octanol–water partition coefficient (Wildman–Crippen LogP) is 1.55. The van der Waals surface area contributed by atoms with E-state index in [1.165, 1.54) is 12.1 Å². The maximum absolute atomic E-state index is 13.2. The van der Waals surface area contributed by atoms with Gasteiger partial charge in [0, 0.05) is 12.1 Å². The summed E-state index contributed by atoms with van der Waals surface area (Å²) < 4.78 is 40.5. The summed E-state index contributed by atoms with van der Waals surface area (Å²) in [6, 6.07) is 3.74. The SMILES string of the molecule is Cc1ccc(F)cc1S(=O)(=O)N[C@H]1CCCN[C@H]1C. The zero-order valence-corrected chi connectivity index (χ0v) is 11.9. The Hall–Kier alpha value is -0.980. The van der Waals surface area contributed by atoms with Crippen LogP contribution in [0, 0.1) is 12.7 Å². The molecule has 0 radical (unpaired) electrons. The van der Waals surface area contributed by atoms with Gasteiger partial charge >= 0.3 is 0 Å². The Balaban J connectivity index is 2.24. The maximum atomic E-state index is 13.2. The molecule has 2 N–H and O–H groups in total. The number of benzene rings is 1. The number of piperidine rings is 1. The van der Waals surface area contributed by atoms with Gasteiger partial charge in [-0.05, 0) is 50.9 Å². The van der Waals surface area contributed by atoms with E-state index < -0.39 is 15.8 Å². The first-order chi connectivity index (χ1) is 8.90. The summed E-state index contributed by atoms with van der Waals surface area (Å²) in [5, 5.41) is 3.23. The second-order valence-electron chi connectivity index (χ2n) is 5.02. The number of nitrogens with one attached hydrogen (secondary N) is 2. The largest absolute Gasteiger partial charge is 0.313 e. The van der Waals surface area contributed by atoms with Crippen LogP contribution in [0.4, 0.5) is 4.39 Å². The molecule has 1 aliphatic heterocycles. The highest BCUT2D eigenvalue weighted by molar-refractivity contribution is 7.89. The van der Waals surface area contributed by atoms with Crippen molar-refractivity contribution in [1.29, 1.82) is 0 Å². The van der Waals surface area contributed by atoms with E-state index in [0.29, 0.717) is 5.56 Å². The molecule has 0 amide bonds. The lowest BCUT2D eigenvalue weighted by atomic mass is 10.0. The molecule has 1 aromatic carbocycles. The maximum Gasteiger partial charge on any atom is 0.241 e. The Kier molecular flexibility index (Phi) is 4.23. The Morgan fingerprint density at radius 3 is 2.84 bits per heavy atom. The van der Waals surface area contributed by atoms with Crippen LogP contribution >= 0.6 is 0 Å². The van der Waals surface area contributed by atoms with E-state index in [1.54, 1.807) is 6.92 Å². The van der Waals surface area contributed by atoms with Crippen LogP contribution in [0.2, 0.25) is 0 Å². The normalized spacial score (nSPS) is 24.4. The lowest BCUT2D eigenvalue weighted by Gasteiger charge is -2.30. The molecule has 1 aliphatic rings. The molecule has 106 valence electrons. The minimum absolute atomic E-state index is 0.0188. The number of hydrogen-bond acceptors (Lipinski definition) is 3. The summed E-state index contributed by atoms with van der Waals surface area (Å²) in [6.07, 6.45) is 1.72. The quantitative estimate of drug-likeness (QED) is 0.886. The lowest BCUT2D eigenvalue weighted by molar-refractivity contribution is 0.348. The fraction of sp³-hybridized carbons (Fsp3) is 0.538. The summed E-state index contributed by atoms with van der Waals surface area (Å²) in [5.41, 5.74) is 0.547. The highest BCUT2D eigenvalue weighted by Gasteiger charge is 2.27. The fourth-order valence-electron chi connectivity index (χ4n) is 2.33. The second-order valence-corrected chi connectivity index (χ2v) is 6.71. The van der Waals surface area contributed by atoms with Gasteiger partial charge in [0.05, 0.1) is 4.90 Å². The van der Waals surface area contributed by atoms with E-state index >= 15 is 0 Å². The van der Waals surface area contributed by atoms with E-state index in [2.05, 4.69) is 10.0 Å². The van der Waals surface area contributed by atoms with Crippen LogP contribution in [-0.4, -0.2) is 27.0 Å². The van der Waals surface area contributed by atoms with Crippen LogP contribution in [0.1, 0.15) is 25.3 Å². The van der Waals surface area contributed by atoms with Crippen molar-refractivity contribution in [3.63, 3.8) is 0 Å². The first kappa shape index (κ1) is 14.4. The van der Waals surface area contributed by atoms with Crippen LogP contribution in [0.25, 0.3) is 0 Å². The molecule has 0 unspecified atom stereocenters. The van der Waals surface area contributed by atoms with Crippen LogP contribution in [0.5, 0.6) is 0 Å². The molecule has 2 rings (SSSR count). The number of hydrogen-bond donors (Lipinski definition) is 2. The molecular formula is C13H19FN2O2S. The molecule has 0 spiro atoms. The average molecular weight is 286 g/mol. The van der Waals surface area contributed by atoms with Crippen molar-refractivity contribution < 1.29 is 12.8 Å². The molecule has 0 bridgehead atoms. The van der Waals surface area contributed by atoms with E-state index in [-0.39, 0.29) is 17.0 Å². The minimum Gasteiger partial charge on any atom is -0.313 e.